The average molecular weight is 286 g/mol. The maximum Gasteiger partial charge on any atom is 0.264 e. The van der Waals surface area contributed by atoms with Crippen LogP contribution in [0.15, 0.2) is 39.6 Å². The Kier molecular flexibility index (Phi) is 2.88. The lowest BCUT2D eigenvalue weighted by Gasteiger charge is -2.01. The van der Waals surface area contributed by atoms with Crippen LogP contribution in [-0.2, 0) is 0 Å². The third-order valence-corrected chi connectivity index (χ3v) is 2.51. The van der Waals surface area contributed by atoms with E-state index in [1.165, 1.54) is 6.07 Å². The predicted octanol–water partition coefficient (Wildman–Crippen LogP) is 2.85. The smallest absolute Gasteiger partial charge is 0.264 e. The van der Waals surface area contributed by atoms with E-state index < -0.39 is 0 Å². The highest BCUT2D eigenvalue weighted by molar-refractivity contribution is 9.10. The Hall–Kier alpha value is -1.13. The average Bonchev–Trinajstić information content (AvgIpc) is 2.17. The molecule has 76 valence electrons. The minimum atomic E-state index is -0.222. The number of H-pyrrole nitrogens is 1. The van der Waals surface area contributed by atoms with Gasteiger partial charge in [-0.2, -0.15) is 5.10 Å². The second kappa shape index (κ2) is 4.16. The Balaban J connectivity index is 2.53. The van der Waals surface area contributed by atoms with Crippen molar-refractivity contribution in [3.05, 3.63) is 50.2 Å². The second-order valence-electron chi connectivity index (χ2n) is 2.96. The highest BCUT2D eigenvalue weighted by atomic mass is 79.9. The van der Waals surface area contributed by atoms with Gasteiger partial charge in [0.1, 0.15) is 0 Å². The fourth-order valence-electron chi connectivity index (χ4n) is 1.21. The van der Waals surface area contributed by atoms with E-state index in [-0.39, 0.29) is 5.56 Å². The van der Waals surface area contributed by atoms with Crippen LogP contribution < -0.4 is 5.56 Å². The summed E-state index contributed by atoms with van der Waals surface area (Å²) in [6.45, 7) is 0. The van der Waals surface area contributed by atoms with Crippen molar-refractivity contribution < 1.29 is 0 Å². The van der Waals surface area contributed by atoms with E-state index in [1.54, 1.807) is 18.2 Å². The summed E-state index contributed by atoms with van der Waals surface area (Å²) in [4.78, 5) is 10.8. The fraction of sp³-hybridized carbons (Fsp3) is 0. The zero-order valence-electron chi connectivity index (χ0n) is 7.50. The predicted molar refractivity (Wildman–Crippen MR) is 63.0 cm³/mol. The van der Waals surface area contributed by atoms with E-state index in [9.17, 15) is 4.79 Å². The van der Waals surface area contributed by atoms with E-state index in [4.69, 9.17) is 11.6 Å². The van der Waals surface area contributed by atoms with Gasteiger partial charge in [-0.05, 0) is 24.3 Å². The van der Waals surface area contributed by atoms with Crippen LogP contribution in [0.25, 0.3) is 11.3 Å². The summed E-state index contributed by atoms with van der Waals surface area (Å²) in [5, 5.41) is 6.91. The number of hydrogen-bond acceptors (Lipinski definition) is 2. The molecule has 1 heterocycles. The van der Waals surface area contributed by atoms with Crippen LogP contribution in [0.1, 0.15) is 0 Å². The first kappa shape index (κ1) is 10.4. The molecule has 2 rings (SSSR count). The first-order chi connectivity index (χ1) is 7.15. The molecule has 0 aliphatic carbocycles. The van der Waals surface area contributed by atoms with Gasteiger partial charge in [0, 0.05) is 21.1 Å². The summed E-state index contributed by atoms with van der Waals surface area (Å²) in [5.41, 5.74) is 1.31. The summed E-state index contributed by atoms with van der Waals surface area (Å²) in [6.07, 6.45) is 0. The van der Waals surface area contributed by atoms with E-state index in [2.05, 4.69) is 26.1 Å². The third-order valence-electron chi connectivity index (χ3n) is 1.84. The van der Waals surface area contributed by atoms with Gasteiger partial charge in [-0.1, -0.05) is 27.5 Å². The molecule has 0 aliphatic heterocycles. The van der Waals surface area contributed by atoms with Gasteiger partial charge < -0.3 is 0 Å². The van der Waals surface area contributed by atoms with Crippen molar-refractivity contribution in [3.63, 3.8) is 0 Å². The van der Waals surface area contributed by atoms with Crippen molar-refractivity contribution in [1.29, 1.82) is 0 Å². The molecule has 2 aromatic rings. The number of aromatic amines is 1. The molecular formula is C10H6BrClN2O. The maximum absolute atomic E-state index is 10.8. The van der Waals surface area contributed by atoms with Crippen LogP contribution in [-0.4, -0.2) is 10.2 Å². The van der Waals surface area contributed by atoms with Crippen molar-refractivity contribution in [2.75, 3.05) is 0 Å². The zero-order chi connectivity index (χ0) is 10.8. The Morgan fingerprint density at radius 1 is 1.27 bits per heavy atom. The molecule has 0 unspecified atom stereocenters. The quantitative estimate of drug-likeness (QED) is 0.876. The Bertz CT molecular complexity index is 513. The lowest BCUT2D eigenvalue weighted by Crippen LogP contribution is -2.05. The molecule has 0 spiro atoms. The van der Waals surface area contributed by atoms with Crippen molar-refractivity contribution >= 4 is 27.5 Å². The first-order valence-corrected chi connectivity index (χ1v) is 5.34. The number of halogens is 2. The van der Waals surface area contributed by atoms with Crippen LogP contribution in [0.5, 0.6) is 0 Å². The zero-order valence-corrected chi connectivity index (χ0v) is 9.84. The summed E-state index contributed by atoms with van der Waals surface area (Å²) in [6, 6.07) is 8.53. The van der Waals surface area contributed by atoms with Gasteiger partial charge in [0.2, 0.25) is 0 Å². The van der Waals surface area contributed by atoms with Crippen molar-refractivity contribution in [1.82, 2.24) is 10.2 Å². The summed E-state index contributed by atoms with van der Waals surface area (Å²) in [5.74, 6) is 0. The van der Waals surface area contributed by atoms with Gasteiger partial charge in [-0.25, -0.2) is 5.10 Å². The van der Waals surface area contributed by atoms with E-state index in [0.29, 0.717) is 10.7 Å². The molecule has 1 aromatic carbocycles. The number of hydrogen-bond donors (Lipinski definition) is 1. The number of rotatable bonds is 1. The summed E-state index contributed by atoms with van der Waals surface area (Å²) in [7, 11) is 0. The van der Waals surface area contributed by atoms with Gasteiger partial charge >= 0.3 is 0 Å². The van der Waals surface area contributed by atoms with Crippen LogP contribution >= 0.6 is 27.5 Å². The molecule has 1 N–H and O–H groups in total. The molecule has 0 bridgehead atoms. The van der Waals surface area contributed by atoms with E-state index >= 15 is 0 Å². The SMILES string of the molecule is O=c1ccc(-c2cc(Cl)cc(Br)c2)n[nH]1. The minimum absolute atomic E-state index is 0.222. The number of nitrogens with zero attached hydrogens (tertiary/aromatic N) is 1. The summed E-state index contributed by atoms with van der Waals surface area (Å²) < 4.78 is 0.873. The number of aromatic nitrogens is 2. The van der Waals surface area contributed by atoms with Gasteiger partial charge in [-0.3, -0.25) is 4.79 Å². The molecule has 15 heavy (non-hydrogen) atoms. The summed E-state index contributed by atoms with van der Waals surface area (Å²) >= 11 is 9.24. The lowest BCUT2D eigenvalue weighted by molar-refractivity contribution is 0.995. The van der Waals surface area contributed by atoms with Gasteiger partial charge in [0.15, 0.2) is 0 Å². The van der Waals surface area contributed by atoms with Crippen LogP contribution in [0, 0.1) is 0 Å². The maximum atomic E-state index is 10.8. The van der Waals surface area contributed by atoms with Gasteiger partial charge in [0.05, 0.1) is 5.69 Å². The van der Waals surface area contributed by atoms with Crippen molar-refractivity contribution in [3.8, 4) is 11.3 Å². The second-order valence-corrected chi connectivity index (χ2v) is 4.32. The molecular weight excluding hydrogens is 279 g/mol. The molecule has 0 saturated heterocycles. The van der Waals surface area contributed by atoms with Gasteiger partial charge in [-0.15, -0.1) is 0 Å². The van der Waals surface area contributed by atoms with Crippen molar-refractivity contribution in [2.45, 2.75) is 0 Å². The molecule has 5 heteroatoms. The Labute approximate surface area is 99.2 Å². The molecule has 0 fully saturated rings. The van der Waals surface area contributed by atoms with Crippen LogP contribution in [0.3, 0.4) is 0 Å². The monoisotopic (exact) mass is 284 g/mol. The molecule has 0 saturated carbocycles. The largest absolute Gasteiger partial charge is 0.268 e. The van der Waals surface area contributed by atoms with E-state index in [1.807, 2.05) is 6.07 Å². The third kappa shape index (κ3) is 2.46. The molecule has 1 aromatic heterocycles. The molecule has 0 amide bonds. The van der Waals surface area contributed by atoms with Gasteiger partial charge in [0.25, 0.3) is 5.56 Å². The molecule has 0 aliphatic rings. The van der Waals surface area contributed by atoms with E-state index in [0.717, 1.165) is 10.0 Å². The number of nitrogens with one attached hydrogen (secondary N) is 1. The molecule has 0 radical (unpaired) electrons. The molecule has 3 nitrogen and oxygen atoms in total. The highest BCUT2D eigenvalue weighted by Crippen LogP contribution is 2.25. The fourth-order valence-corrected chi connectivity index (χ4v) is 2.07. The normalized spacial score (nSPS) is 10.3. The van der Waals surface area contributed by atoms with Crippen LogP contribution in [0.4, 0.5) is 0 Å². The standard InChI is InChI=1S/C10H6BrClN2O/c11-7-3-6(4-8(12)5-7)9-1-2-10(15)14-13-9/h1-5H,(H,14,15). The Morgan fingerprint density at radius 2 is 2.07 bits per heavy atom. The number of benzene rings is 1. The Morgan fingerprint density at radius 3 is 2.67 bits per heavy atom. The lowest BCUT2D eigenvalue weighted by atomic mass is 10.1. The highest BCUT2D eigenvalue weighted by Gasteiger charge is 2.02. The molecule has 0 atom stereocenters. The first-order valence-electron chi connectivity index (χ1n) is 4.17. The minimum Gasteiger partial charge on any atom is -0.268 e. The van der Waals surface area contributed by atoms with Crippen LogP contribution in [0.2, 0.25) is 5.02 Å². The topological polar surface area (TPSA) is 45.8 Å². The van der Waals surface area contributed by atoms with Crippen molar-refractivity contribution in [2.24, 2.45) is 0 Å².